The first kappa shape index (κ1) is 13.5. The third kappa shape index (κ3) is 5.49. The minimum Gasteiger partial charge on any atom is -0.489 e. The van der Waals surface area contributed by atoms with E-state index in [-0.39, 0.29) is 6.10 Å². The first-order valence-electron chi connectivity index (χ1n) is 5.34. The summed E-state index contributed by atoms with van der Waals surface area (Å²) in [5.41, 5.74) is 0. The topological polar surface area (TPSA) is 30.5 Å². The molecule has 0 saturated carbocycles. The summed E-state index contributed by atoms with van der Waals surface area (Å²) >= 11 is 3.41. The van der Waals surface area contributed by atoms with Gasteiger partial charge < -0.3 is 14.8 Å². The zero-order valence-electron chi connectivity index (χ0n) is 9.70. The molecule has 0 aliphatic heterocycles. The third-order valence-electron chi connectivity index (χ3n) is 2.05. The number of methoxy groups -OCH3 is 1. The molecule has 3 nitrogen and oxygen atoms in total. The molecule has 0 saturated heterocycles. The largest absolute Gasteiger partial charge is 0.489 e. The molecule has 1 aromatic carbocycles. The molecule has 1 aromatic rings. The lowest BCUT2D eigenvalue weighted by Crippen LogP contribution is -2.31. The van der Waals surface area contributed by atoms with Gasteiger partial charge in [0.15, 0.2) is 0 Å². The predicted octanol–water partition coefficient (Wildman–Crippen LogP) is 2.45. The number of nitrogens with one attached hydrogen (secondary N) is 1. The molecule has 1 unspecified atom stereocenters. The highest BCUT2D eigenvalue weighted by Gasteiger charge is 2.03. The van der Waals surface area contributed by atoms with Crippen LogP contribution in [0.3, 0.4) is 0 Å². The van der Waals surface area contributed by atoms with Crippen LogP contribution in [-0.4, -0.2) is 32.9 Å². The van der Waals surface area contributed by atoms with Crippen LogP contribution in [0.2, 0.25) is 0 Å². The average Bonchev–Trinajstić information content (AvgIpc) is 2.24. The van der Waals surface area contributed by atoms with Crippen LogP contribution in [0.4, 0.5) is 0 Å². The van der Waals surface area contributed by atoms with Gasteiger partial charge in [0.1, 0.15) is 11.9 Å². The Hall–Kier alpha value is -0.580. The van der Waals surface area contributed by atoms with Gasteiger partial charge in [-0.3, -0.25) is 0 Å². The van der Waals surface area contributed by atoms with Crippen molar-refractivity contribution in [3.05, 3.63) is 28.7 Å². The molecule has 0 amide bonds. The summed E-state index contributed by atoms with van der Waals surface area (Å²) in [6, 6.07) is 7.86. The first-order valence-corrected chi connectivity index (χ1v) is 6.13. The van der Waals surface area contributed by atoms with Crippen LogP contribution in [0.1, 0.15) is 6.92 Å². The molecule has 0 aliphatic carbocycles. The molecule has 16 heavy (non-hydrogen) atoms. The standard InChI is InChI=1S/C12H18BrNO2/c1-10(9-14-6-7-15-2)16-12-5-3-4-11(13)8-12/h3-5,8,10,14H,6-7,9H2,1-2H3. The minimum absolute atomic E-state index is 0.145. The van der Waals surface area contributed by atoms with E-state index in [1.807, 2.05) is 31.2 Å². The molecule has 1 rings (SSSR count). The van der Waals surface area contributed by atoms with Gasteiger partial charge in [-0.25, -0.2) is 0 Å². The van der Waals surface area contributed by atoms with Crippen molar-refractivity contribution in [3.63, 3.8) is 0 Å². The van der Waals surface area contributed by atoms with Crippen LogP contribution in [0.25, 0.3) is 0 Å². The Morgan fingerprint density at radius 3 is 2.94 bits per heavy atom. The van der Waals surface area contributed by atoms with Crippen LogP contribution in [0.15, 0.2) is 28.7 Å². The minimum atomic E-state index is 0.145. The Bertz CT molecular complexity index is 307. The van der Waals surface area contributed by atoms with Crippen molar-refractivity contribution >= 4 is 15.9 Å². The van der Waals surface area contributed by atoms with Crippen LogP contribution >= 0.6 is 15.9 Å². The number of ether oxygens (including phenoxy) is 2. The molecular formula is C12H18BrNO2. The summed E-state index contributed by atoms with van der Waals surface area (Å²) < 4.78 is 11.7. The van der Waals surface area contributed by atoms with E-state index in [1.165, 1.54) is 0 Å². The zero-order valence-corrected chi connectivity index (χ0v) is 11.3. The summed E-state index contributed by atoms with van der Waals surface area (Å²) in [5.74, 6) is 0.885. The molecule has 1 atom stereocenters. The van der Waals surface area contributed by atoms with Crippen LogP contribution < -0.4 is 10.1 Å². The van der Waals surface area contributed by atoms with Crippen molar-refractivity contribution < 1.29 is 9.47 Å². The lowest BCUT2D eigenvalue weighted by molar-refractivity contribution is 0.184. The SMILES string of the molecule is COCCNCC(C)Oc1cccc(Br)c1. The third-order valence-corrected chi connectivity index (χ3v) is 2.54. The van der Waals surface area contributed by atoms with Gasteiger partial charge >= 0.3 is 0 Å². The van der Waals surface area contributed by atoms with Crippen molar-refractivity contribution in [3.8, 4) is 5.75 Å². The van der Waals surface area contributed by atoms with Gasteiger partial charge in [0.05, 0.1) is 6.61 Å². The maximum atomic E-state index is 5.74. The molecule has 0 spiro atoms. The molecule has 0 bridgehead atoms. The normalized spacial score (nSPS) is 12.4. The number of halogens is 1. The van der Waals surface area contributed by atoms with Crippen LogP contribution in [0, 0.1) is 0 Å². The number of benzene rings is 1. The van der Waals surface area contributed by atoms with E-state index in [1.54, 1.807) is 7.11 Å². The molecule has 0 aliphatic rings. The summed E-state index contributed by atoms with van der Waals surface area (Å²) in [7, 11) is 1.70. The van der Waals surface area contributed by atoms with Crippen LogP contribution in [-0.2, 0) is 4.74 Å². The Morgan fingerprint density at radius 2 is 2.25 bits per heavy atom. The van der Waals surface area contributed by atoms with Crippen molar-refractivity contribution in [1.82, 2.24) is 5.32 Å². The van der Waals surface area contributed by atoms with Gasteiger partial charge in [-0.2, -0.15) is 0 Å². The van der Waals surface area contributed by atoms with E-state index < -0.39 is 0 Å². The highest BCUT2D eigenvalue weighted by molar-refractivity contribution is 9.10. The molecule has 0 fully saturated rings. The summed E-state index contributed by atoms with van der Waals surface area (Å²) in [6.45, 7) is 4.43. The second-order valence-corrected chi connectivity index (χ2v) is 4.50. The summed E-state index contributed by atoms with van der Waals surface area (Å²) in [5, 5.41) is 3.26. The molecular weight excluding hydrogens is 270 g/mol. The smallest absolute Gasteiger partial charge is 0.120 e. The number of hydrogen-bond acceptors (Lipinski definition) is 3. The summed E-state index contributed by atoms with van der Waals surface area (Å²) in [6.07, 6.45) is 0.145. The van der Waals surface area contributed by atoms with Crippen molar-refractivity contribution in [2.75, 3.05) is 26.8 Å². The van der Waals surface area contributed by atoms with Gasteiger partial charge in [0.2, 0.25) is 0 Å². The van der Waals surface area contributed by atoms with E-state index in [0.717, 1.165) is 29.9 Å². The molecule has 1 N–H and O–H groups in total. The van der Waals surface area contributed by atoms with Crippen LogP contribution in [0.5, 0.6) is 5.75 Å². The van der Waals surface area contributed by atoms with E-state index in [0.29, 0.717) is 0 Å². The molecule has 90 valence electrons. The maximum Gasteiger partial charge on any atom is 0.120 e. The Balaban J connectivity index is 2.25. The second kappa shape index (κ2) is 7.65. The number of rotatable bonds is 7. The van der Waals surface area contributed by atoms with E-state index >= 15 is 0 Å². The lowest BCUT2D eigenvalue weighted by atomic mass is 10.3. The van der Waals surface area contributed by atoms with Gasteiger partial charge in [-0.05, 0) is 25.1 Å². The van der Waals surface area contributed by atoms with Gasteiger partial charge in [-0.1, -0.05) is 22.0 Å². The maximum absolute atomic E-state index is 5.74. The van der Waals surface area contributed by atoms with Crippen molar-refractivity contribution in [1.29, 1.82) is 0 Å². The molecule has 0 aromatic heterocycles. The van der Waals surface area contributed by atoms with E-state index in [4.69, 9.17) is 9.47 Å². The average molecular weight is 288 g/mol. The Kier molecular flexibility index (Phi) is 6.45. The predicted molar refractivity (Wildman–Crippen MR) is 69.0 cm³/mol. The van der Waals surface area contributed by atoms with E-state index in [2.05, 4.69) is 21.2 Å². The lowest BCUT2D eigenvalue weighted by Gasteiger charge is -2.15. The highest BCUT2D eigenvalue weighted by atomic mass is 79.9. The number of hydrogen-bond donors (Lipinski definition) is 1. The monoisotopic (exact) mass is 287 g/mol. The Morgan fingerprint density at radius 1 is 1.44 bits per heavy atom. The fraction of sp³-hybridized carbons (Fsp3) is 0.500. The highest BCUT2D eigenvalue weighted by Crippen LogP contribution is 2.18. The Labute approximate surface area is 105 Å². The first-order chi connectivity index (χ1) is 7.72. The quantitative estimate of drug-likeness (QED) is 0.782. The summed E-state index contributed by atoms with van der Waals surface area (Å²) in [4.78, 5) is 0. The van der Waals surface area contributed by atoms with Crippen molar-refractivity contribution in [2.45, 2.75) is 13.0 Å². The molecule has 0 heterocycles. The fourth-order valence-electron chi connectivity index (χ4n) is 1.29. The van der Waals surface area contributed by atoms with Gasteiger partial charge in [0.25, 0.3) is 0 Å². The molecule has 0 radical (unpaired) electrons. The van der Waals surface area contributed by atoms with Crippen molar-refractivity contribution in [2.24, 2.45) is 0 Å². The van der Waals surface area contributed by atoms with Gasteiger partial charge in [-0.15, -0.1) is 0 Å². The second-order valence-electron chi connectivity index (χ2n) is 3.58. The molecule has 4 heteroatoms. The fourth-order valence-corrected chi connectivity index (χ4v) is 1.67. The zero-order chi connectivity index (χ0) is 11.8. The van der Waals surface area contributed by atoms with E-state index in [9.17, 15) is 0 Å². The van der Waals surface area contributed by atoms with Gasteiger partial charge in [0, 0.05) is 24.7 Å².